The number of amides is 4. The highest BCUT2D eigenvalue weighted by molar-refractivity contribution is 6.14. The van der Waals surface area contributed by atoms with Crippen LogP contribution in [0.15, 0.2) is 48.3 Å². The normalized spacial score (nSPS) is 18.1. The highest BCUT2D eigenvalue weighted by atomic mass is 16.2. The van der Waals surface area contributed by atoms with Crippen LogP contribution in [-0.4, -0.2) is 38.5 Å². The number of rotatable bonds is 7. The Morgan fingerprint density at radius 3 is 2.77 bits per heavy atom. The Morgan fingerprint density at radius 1 is 1.33 bits per heavy atom. The molecular weight excluding hydrogens is 386 g/mol. The van der Waals surface area contributed by atoms with Crippen molar-refractivity contribution in [1.29, 1.82) is 0 Å². The molecule has 4 rings (SSSR count). The van der Waals surface area contributed by atoms with Gasteiger partial charge in [0, 0.05) is 23.2 Å². The van der Waals surface area contributed by atoms with Gasteiger partial charge in [0.25, 0.3) is 5.91 Å². The average molecular weight is 405 g/mol. The summed E-state index contributed by atoms with van der Waals surface area (Å²) in [5.74, 6) is -0.381. The van der Waals surface area contributed by atoms with Crippen molar-refractivity contribution in [3.05, 3.63) is 59.6 Å². The monoisotopic (exact) mass is 405 g/mol. The third kappa shape index (κ3) is 3.97. The highest BCUT2D eigenvalue weighted by Gasteiger charge is 2.25. The van der Waals surface area contributed by atoms with Crippen molar-refractivity contribution in [2.45, 2.75) is 18.9 Å². The Kier molecular flexibility index (Phi) is 4.88. The molecule has 2 aromatic heterocycles. The fourth-order valence-electron chi connectivity index (χ4n) is 2.89. The smallest absolute Gasteiger partial charge is 0.326 e. The van der Waals surface area contributed by atoms with Gasteiger partial charge in [-0.05, 0) is 31.1 Å². The van der Waals surface area contributed by atoms with E-state index in [2.05, 4.69) is 32.6 Å². The van der Waals surface area contributed by atoms with Crippen LogP contribution in [0.4, 0.5) is 10.6 Å². The van der Waals surface area contributed by atoms with Crippen molar-refractivity contribution in [1.82, 2.24) is 25.2 Å². The van der Waals surface area contributed by atoms with Crippen LogP contribution in [0.25, 0.3) is 17.8 Å². The maximum atomic E-state index is 11.8. The summed E-state index contributed by atoms with van der Waals surface area (Å²) >= 11 is 0. The molecule has 1 saturated heterocycles. The Hall–Kier alpha value is -4.21. The first-order chi connectivity index (χ1) is 14.4. The van der Waals surface area contributed by atoms with E-state index in [9.17, 15) is 14.4 Å². The molecule has 3 heterocycles. The van der Waals surface area contributed by atoms with E-state index in [4.69, 9.17) is 5.73 Å². The van der Waals surface area contributed by atoms with Crippen molar-refractivity contribution in [2.75, 3.05) is 5.32 Å². The molecule has 10 heteroatoms. The molecule has 10 nitrogen and oxygen atoms in total. The van der Waals surface area contributed by atoms with Gasteiger partial charge >= 0.3 is 6.03 Å². The van der Waals surface area contributed by atoms with E-state index >= 15 is 0 Å². The number of hydrogen-bond acceptors (Lipinski definition) is 6. The number of carbonyl (C=O) groups is 3. The summed E-state index contributed by atoms with van der Waals surface area (Å²) < 4.78 is 1.63. The molecule has 0 aromatic carbocycles. The molecule has 0 bridgehead atoms. The van der Waals surface area contributed by atoms with Gasteiger partial charge in [-0.1, -0.05) is 18.7 Å². The standard InChI is InChI=1S/C20H19N7O3/c1-2-3-11(17(21)28)4-5-14-9-16(23-13-6-7-13)27-18(24-14)12(10-22-27)8-15-19(29)26-20(30)25-15/h2-5,8-10,13,23H,1,6-7H2,(H2,21,28)(H2,25,26,29,30)/b5-4+,11-3+,15-8-. The van der Waals surface area contributed by atoms with Crippen molar-refractivity contribution in [3.8, 4) is 0 Å². The van der Waals surface area contributed by atoms with E-state index < -0.39 is 17.8 Å². The van der Waals surface area contributed by atoms with E-state index in [1.54, 1.807) is 22.9 Å². The molecule has 152 valence electrons. The molecule has 0 radical (unpaired) electrons. The van der Waals surface area contributed by atoms with Gasteiger partial charge < -0.3 is 16.4 Å². The molecule has 0 atom stereocenters. The number of anilines is 1. The first kappa shape index (κ1) is 19.1. The van der Waals surface area contributed by atoms with Gasteiger partial charge in [-0.15, -0.1) is 0 Å². The third-order valence-corrected chi connectivity index (χ3v) is 4.48. The summed E-state index contributed by atoms with van der Waals surface area (Å²) in [6.07, 6.45) is 11.4. The Balaban J connectivity index is 1.77. The van der Waals surface area contributed by atoms with Gasteiger partial charge in [-0.25, -0.2) is 9.78 Å². The molecule has 2 aromatic rings. The van der Waals surface area contributed by atoms with Crippen molar-refractivity contribution in [2.24, 2.45) is 5.73 Å². The maximum absolute atomic E-state index is 11.8. The average Bonchev–Trinajstić information content (AvgIpc) is 3.33. The van der Waals surface area contributed by atoms with Crippen LogP contribution >= 0.6 is 0 Å². The second-order valence-electron chi connectivity index (χ2n) is 6.84. The summed E-state index contributed by atoms with van der Waals surface area (Å²) in [5.41, 5.74) is 7.35. The van der Waals surface area contributed by atoms with Gasteiger partial charge in [0.2, 0.25) is 5.91 Å². The van der Waals surface area contributed by atoms with E-state index in [1.165, 1.54) is 18.2 Å². The molecule has 0 spiro atoms. The van der Waals surface area contributed by atoms with Crippen LogP contribution in [0.2, 0.25) is 0 Å². The van der Waals surface area contributed by atoms with E-state index in [-0.39, 0.29) is 11.3 Å². The van der Waals surface area contributed by atoms with E-state index in [0.29, 0.717) is 22.9 Å². The summed E-state index contributed by atoms with van der Waals surface area (Å²) in [5, 5.41) is 12.3. The van der Waals surface area contributed by atoms with Crippen LogP contribution in [0.3, 0.4) is 0 Å². The second-order valence-corrected chi connectivity index (χ2v) is 6.84. The number of nitrogens with two attached hydrogens (primary N) is 1. The number of hydrogen-bond donors (Lipinski definition) is 4. The lowest BCUT2D eigenvalue weighted by molar-refractivity contribution is -0.116. The zero-order valence-electron chi connectivity index (χ0n) is 15.9. The van der Waals surface area contributed by atoms with Gasteiger partial charge in [0.15, 0.2) is 5.65 Å². The number of urea groups is 1. The summed E-state index contributed by atoms with van der Waals surface area (Å²) in [6.45, 7) is 3.57. The van der Waals surface area contributed by atoms with Crippen LogP contribution < -0.4 is 21.7 Å². The molecule has 1 aliphatic carbocycles. The lowest BCUT2D eigenvalue weighted by Crippen LogP contribution is -2.22. The molecule has 2 aliphatic rings. The van der Waals surface area contributed by atoms with E-state index in [1.807, 2.05) is 6.07 Å². The predicted octanol–water partition coefficient (Wildman–Crippen LogP) is 1.09. The van der Waals surface area contributed by atoms with Crippen LogP contribution in [0.1, 0.15) is 24.1 Å². The molecule has 2 fully saturated rings. The second kappa shape index (κ2) is 7.66. The fraction of sp³-hybridized carbons (Fsp3) is 0.150. The van der Waals surface area contributed by atoms with Crippen molar-refractivity contribution in [3.63, 3.8) is 0 Å². The first-order valence-electron chi connectivity index (χ1n) is 9.24. The lowest BCUT2D eigenvalue weighted by atomic mass is 10.2. The van der Waals surface area contributed by atoms with Gasteiger partial charge in [0.1, 0.15) is 11.5 Å². The largest absolute Gasteiger partial charge is 0.367 e. The van der Waals surface area contributed by atoms with Gasteiger partial charge in [-0.3, -0.25) is 14.9 Å². The first-order valence-corrected chi connectivity index (χ1v) is 9.24. The molecule has 1 saturated carbocycles. The Labute approximate surface area is 171 Å². The zero-order valence-corrected chi connectivity index (χ0v) is 15.9. The molecular formula is C20H19N7O3. The number of nitrogens with zero attached hydrogens (tertiary/aromatic N) is 3. The number of aromatic nitrogens is 3. The molecule has 4 amide bonds. The minimum absolute atomic E-state index is 0.110. The van der Waals surface area contributed by atoms with Crippen molar-refractivity contribution < 1.29 is 14.4 Å². The molecule has 1 aliphatic heterocycles. The summed E-state index contributed by atoms with van der Waals surface area (Å²) in [7, 11) is 0. The predicted molar refractivity (Wildman–Crippen MR) is 111 cm³/mol. The number of imide groups is 1. The number of nitrogens with one attached hydrogen (secondary N) is 3. The van der Waals surface area contributed by atoms with E-state index in [0.717, 1.165) is 18.7 Å². The fourth-order valence-corrected chi connectivity index (χ4v) is 2.89. The minimum atomic E-state index is -0.582. The third-order valence-electron chi connectivity index (χ3n) is 4.48. The lowest BCUT2D eigenvalue weighted by Gasteiger charge is -2.08. The van der Waals surface area contributed by atoms with Crippen LogP contribution in [-0.2, 0) is 9.59 Å². The minimum Gasteiger partial charge on any atom is -0.367 e. The number of fused-ring (bicyclic) bond motifs is 1. The van der Waals surface area contributed by atoms with Gasteiger partial charge in [0.05, 0.1) is 11.9 Å². The number of allylic oxidation sites excluding steroid dienone is 2. The number of carbonyl (C=O) groups excluding carboxylic acids is 3. The summed E-state index contributed by atoms with van der Waals surface area (Å²) in [6, 6.07) is 1.59. The molecule has 0 unspecified atom stereocenters. The summed E-state index contributed by atoms with van der Waals surface area (Å²) in [4.78, 5) is 39.3. The maximum Gasteiger partial charge on any atom is 0.326 e. The molecule has 30 heavy (non-hydrogen) atoms. The quantitative estimate of drug-likeness (QED) is 0.308. The Bertz CT molecular complexity index is 1170. The van der Waals surface area contributed by atoms with Crippen LogP contribution in [0, 0.1) is 0 Å². The zero-order chi connectivity index (χ0) is 21.3. The highest BCUT2D eigenvalue weighted by Crippen LogP contribution is 2.26. The number of primary amides is 1. The van der Waals surface area contributed by atoms with Crippen LogP contribution in [0.5, 0.6) is 0 Å². The SMILES string of the molecule is C=C/C=C(\C=C\c1cc(NC2CC2)n2ncc(/C=C3\NC(=O)NC3=O)c2n1)C(N)=O. The molecule has 5 N–H and O–H groups in total. The van der Waals surface area contributed by atoms with Gasteiger partial charge in [-0.2, -0.15) is 9.61 Å². The topological polar surface area (TPSA) is 144 Å². The Morgan fingerprint density at radius 2 is 2.13 bits per heavy atom. The van der Waals surface area contributed by atoms with Crippen molar-refractivity contribution >= 4 is 41.5 Å².